The lowest BCUT2D eigenvalue weighted by molar-refractivity contribution is 0.479. The minimum Gasteiger partial charge on any atom is -0.507 e. The maximum atomic E-state index is 12.4. The molecule has 5 rings (SSSR count). The van der Waals surface area contributed by atoms with Crippen LogP contribution in [0.15, 0.2) is 91.2 Å². The van der Waals surface area contributed by atoms with E-state index in [0.717, 1.165) is 0 Å². The van der Waals surface area contributed by atoms with E-state index in [1.54, 1.807) is 48.5 Å². The van der Waals surface area contributed by atoms with Gasteiger partial charge in [0.1, 0.15) is 45.0 Å². The van der Waals surface area contributed by atoms with Gasteiger partial charge in [0.05, 0.1) is 0 Å². The zero-order valence-electron chi connectivity index (χ0n) is 15.5. The molecule has 3 aromatic carbocycles. The highest BCUT2D eigenvalue weighted by molar-refractivity contribution is 5.85. The van der Waals surface area contributed by atoms with Crippen molar-refractivity contribution in [2.45, 2.75) is 0 Å². The smallest absolute Gasteiger partial charge is 0.197 e. The number of fused-ring (bicyclic) bond motifs is 2. The number of phenolic OH excluding ortho intramolecular Hbond substituents is 2. The molecule has 0 aliphatic carbocycles. The molecule has 0 spiro atoms. The molecule has 146 valence electrons. The van der Waals surface area contributed by atoms with Crippen LogP contribution in [0.1, 0.15) is 0 Å². The van der Waals surface area contributed by atoms with E-state index in [-0.39, 0.29) is 33.1 Å². The predicted molar refractivity (Wildman–Crippen MR) is 113 cm³/mol. The summed E-state index contributed by atoms with van der Waals surface area (Å²) in [6.45, 7) is 0. The highest BCUT2D eigenvalue weighted by atomic mass is 16.3. The highest BCUT2D eigenvalue weighted by Crippen LogP contribution is 2.30. The van der Waals surface area contributed by atoms with E-state index < -0.39 is 0 Å². The summed E-state index contributed by atoms with van der Waals surface area (Å²) in [4.78, 5) is 24.8. The van der Waals surface area contributed by atoms with Crippen molar-refractivity contribution in [2.24, 2.45) is 0 Å². The molecule has 2 N–H and O–H groups in total. The molecule has 0 aliphatic rings. The minimum absolute atomic E-state index is 0.125. The van der Waals surface area contributed by atoms with Crippen molar-refractivity contribution in [1.82, 2.24) is 0 Å². The normalized spacial score (nSPS) is 11.2. The first-order valence-electron chi connectivity index (χ1n) is 9.14. The summed E-state index contributed by atoms with van der Waals surface area (Å²) in [5.74, 6) is 0.463. The molecule has 30 heavy (non-hydrogen) atoms. The van der Waals surface area contributed by atoms with E-state index in [1.165, 1.54) is 24.3 Å². The first-order chi connectivity index (χ1) is 14.5. The number of benzene rings is 3. The number of hydrogen-bond acceptors (Lipinski definition) is 6. The second kappa shape index (κ2) is 6.63. The standard InChI is InChI=1S/C24H14O6/c25-15-3-1-5-19-23(15)17(27)11-21(29-19)13-7-9-14(10-8-13)22-12-18(28)24-16(26)4-2-6-20(24)30-22/h1-12,25-26H. The van der Waals surface area contributed by atoms with Gasteiger partial charge in [-0.25, -0.2) is 0 Å². The molecule has 0 fully saturated rings. The third-order valence-electron chi connectivity index (χ3n) is 4.92. The topological polar surface area (TPSA) is 101 Å². The fraction of sp³-hybridized carbons (Fsp3) is 0. The zero-order valence-corrected chi connectivity index (χ0v) is 15.5. The molecule has 0 saturated heterocycles. The van der Waals surface area contributed by atoms with E-state index in [9.17, 15) is 19.8 Å². The summed E-state index contributed by atoms with van der Waals surface area (Å²) < 4.78 is 11.6. The first-order valence-corrected chi connectivity index (χ1v) is 9.14. The summed E-state index contributed by atoms with van der Waals surface area (Å²) >= 11 is 0. The maximum Gasteiger partial charge on any atom is 0.197 e. The molecule has 0 aliphatic heterocycles. The van der Waals surface area contributed by atoms with E-state index in [0.29, 0.717) is 33.8 Å². The fourth-order valence-corrected chi connectivity index (χ4v) is 3.47. The van der Waals surface area contributed by atoms with Crippen LogP contribution in [0.5, 0.6) is 11.5 Å². The Morgan fingerprint density at radius 1 is 0.567 bits per heavy atom. The largest absolute Gasteiger partial charge is 0.507 e. The van der Waals surface area contributed by atoms with Gasteiger partial charge < -0.3 is 19.0 Å². The zero-order chi connectivity index (χ0) is 20.8. The van der Waals surface area contributed by atoms with Crippen LogP contribution in [0, 0.1) is 0 Å². The number of phenols is 2. The summed E-state index contributed by atoms with van der Waals surface area (Å²) in [6, 6.07) is 19.0. The van der Waals surface area contributed by atoms with Gasteiger partial charge in [0.2, 0.25) is 0 Å². The highest BCUT2D eigenvalue weighted by Gasteiger charge is 2.12. The van der Waals surface area contributed by atoms with Crippen LogP contribution in [-0.4, -0.2) is 10.2 Å². The average Bonchev–Trinajstić information content (AvgIpc) is 2.73. The van der Waals surface area contributed by atoms with Crippen molar-refractivity contribution in [3.63, 3.8) is 0 Å². The average molecular weight is 398 g/mol. The van der Waals surface area contributed by atoms with Crippen LogP contribution in [0.4, 0.5) is 0 Å². The molecule has 2 heterocycles. The molecular formula is C24H14O6. The van der Waals surface area contributed by atoms with Crippen molar-refractivity contribution in [2.75, 3.05) is 0 Å². The lowest BCUT2D eigenvalue weighted by Gasteiger charge is -2.07. The summed E-state index contributed by atoms with van der Waals surface area (Å²) in [6.07, 6.45) is 0. The Morgan fingerprint density at radius 3 is 1.37 bits per heavy atom. The molecule has 0 saturated carbocycles. The fourth-order valence-electron chi connectivity index (χ4n) is 3.47. The van der Waals surface area contributed by atoms with Gasteiger partial charge in [0.25, 0.3) is 0 Å². The van der Waals surface area contributed by atoms with Gasteiger partial charge in [0, 0.05) is 23.3 Å². The number of aromatic hydroxyl groups is 2. The van der Waals surface area contributed by atoms with Crippen LogP contribution in [0.3, 0.4) is 0 Å². The Bertz CT molecular complexity index is 1420. The van der Waals surface area contributed by atoms with Gasteiger partial charge in [0.15, 0.2) is 10.9 Å². The molecule has 0 amide bonds. The van der Waals surface area contributed by atoms with Crippen molar-refractivity contribution in [3.05, 3.63) is 93.2 Å². The van der Waals surface area contributed by atoms with Crippen molar-refractivity contribution in [3.8, 4) is 34.1 Å². The molecule has 6 nitrogen and oxygen atoms in total. The number of hydrogen-bond donors (Lipinski definition) is 2. The van der Waals surface area contributed by atoms with Gasteiger partial charge in [-0.1, -0.05) is 36.4 Å². The Balaban J connectivity index is 1.59. The molecule has 0 atom stereocenters. The molecule has 0 unspecified atom stereocenters. The Hall–Kier alpha value is -4.32. The van der Waals surface area contributed by atoms with Crippen molar-refractivity contribution < 1.29 is 19.0 Å². The van der Waals surface area contributed by atoms with Crippen molar-refractivity contribution >= 4 is 21.9 Å². The molecule has 5 aromatic rings. The molecule has 6 heteroatoms. The monoisotopic (exact) mass is 398 g/mol. The summed E-state index contributed by atoms with van der Waals surface area (Å²) in [5, 5.41) is 20.0. The van der Waals surface area contributed by atoms with E-state index in [4.69, 9.17) is 8.83 Å². The second-order valence-electron chi connectivity index (χ2n) is 6.83. The van der Waals surface area contributed by atoms with Gasteiger partial charge >= 0.3 is 0 Å². The second-order valence-corrected chi connectivity index (χ2v) is 6.83. The van der Waals surface area contributed by atoms with Gasteiger partial charge in [-0.2, -0.15) is 0 Å². The summed E-state index contributed by atoms with van der Waals surface area (Å²) in [7, 11) is 0. The Labute approximate surface area is 168 Å². The van der Waals surface area contributed by atoms with E-state index >= 15 is 0 Å². The SMILES string of the molecule is O=c1cc(-c2ccc(-c3cc(=O)c4c(O)cccc4o3)cc2)oc2cccc(O)c12. The van der Waals surface area contributed by atoms with Crippen LogP contribution in [0.2, 0.25) is 0 Å². The van der Waals surface area contributed by atoms with Crippen LogP contribution in [0.25, 0.3) is 44.6 Å². The Morgan fingerprint density at radius 2 is 0.967 bits per heavy atom. The molecular weight excluding hydrogens is 384 g/mol. The lowest BCUT2D eigenvalue weighted by Crippen LogP contribution is -2.01. The molecule has 0 bridgehead atoms. The lowest BCUT2D eigenvalue weighted by atomic mass is 10.1. The maximum absolute atomic E-state index is 12.4. The van der Waals surface area contributed by atoms with E-state index in [2.05, 4.69) is 0 Å². The van der Waals surface area contributed by atoms with Crippen LogP contribution >= 0.6 is 0 Å². The molecule has 0 radical (unpaired) electrons. The third-order valence-corrected chi connectivity index (χ3v) is 4.92. The summed E-state index contributed by atoms with van der Waals surface area (Å²) in [5.41, 5.74) is 1.22. The Kier molecular flexibility index (Phi) is 3.93. The molecule has 2 aromatic heterocycles. The minimum atomic E-state index is -0.339. The van der Waals surface area contributed by atoms with Crippen molar-refractivity contribution in [1.29, 1.82) is 0 Å². The van der Waals surface area contributed by atoms with Crippen LogP contribution < -0.4 is 10.9 Å². The first kappa shape index (κ1) is 17.8. The van der Waals surface area contributed by atoms with Crippen LogP contribution in [-0.2, 0) is 0 Å². The van der Waals surface area contributed by atoms with E-state index in [1.807, 2.05) is 0 Å². The van der Waals surface area contributed by atoms with Gasteiger partial charge in [-0.3, -0.25) is 9.59 Å². The quantitative estimate of drug-likeness (QED) is 0.449. The number of rotatable bonds is 2. The third kappa shape index (κ3) is 2.82. The van der Waals surface area contributed by atoms with Gasteiger partial charge in [-0.05, 0) is 24.3 Å². The predicted octanol–water partition coefficient (Wildman–Crippen LogP) is 4.64. The van der Waals surface area contributed by atoms with Gasteiger partial charge in [-0.15, -0.1) is 0 Å².